The Morgan fingerprint density at radius 3 is 1.01 bits per heavy atom. The van der Waals surface area contributed by atoms with Gasteiger partial charge in [0, 0.05) is 5.92 Å². The van der Waals surface area contributed by atoms with Crippen molar-refractivity contribution in [1.29, 1.82) is 0 Å². The molecule has 2 aromatic heterocycles. The third-order valence-corrected chi connectivity index (χ3v) is 16.0. The molecule has 0 saturated heterocycles. The molecule has 0 atom stereocenters. The predicted octanol–water partition coefficient (Wildman–Crippen LogP) is 30.2. The van der Waals surface area contributed by atoms with Gasteiger partial charge in [0.1, 0.15) is 10.5 Å². The maximum Gasteiger partial charge on any atom is 0.314 e. The zero-order valence-corrected chi connectivity index (χ0v) is 65.1. The number of benzene rings is 9. The largest absolute Gasteiger partial charge is 0.353 e. The molecular formula is C94H142N6O2S. The van der Waals surface area contributed by atoms with E-state index < -0.39 is 11.1 Å². The molecule has 1 aliphatic rings. The van der Waals surface area contributed by atoms with Crippen LogP contribution in [0, 0.1) is 0 Å². The van der Waals surface area contributed by atoms with Crippen LogP contribution in [0.25, 0.3) is 43.7 Å². The van der Waals surface area contributed by atoms with Crippen molar-refractivity contribution in [3.8, 4) is 11.1 Å². The third kappa shape index (κ3) is 36.2. The summed E-state index contributed by atoms with van der Waals surface area (Å²) < 4.78 is 0. The Bertz CT molecular complexity index is 3960. The van der Waals surface area contributed by atoms with Crippen molar-refractivity contribution in [2.75, 3.05) is 10.6 Å². The number of hydrogen-bond acceptors (Lipinski definition) is 7. The first-order valence-electron chi connectivity index (χ1n) is 35.8. The summed E-state index contributed by atoms with van der Waals surface area (Å²) in [6, 6.07) is 72.2. The fraction of sp³-hybridized carbons (Fsp3) is 0.383. The molecule has 1 aliphatic heterocycles. The Morgan fingerprint density at radius 2 is 0.631 bits per heavy atom. The van der Waals surface area contributed by atoms with Crippen LogP contribution in [0.4, 0.5) is 11.4 Å². The second kappa shape index (κ2) is 57.6. The van der Waals surface area contributed by atoms with Gasteiger partial charge in [-0.25, -0.2) is 0 Å². The number of rotatable bonds is 8. The second-order valence-corrected chi connectivity index (χ2v) is 25.1. The van der Waals surface area contributed by atoms with Crippen LogP contribution in [0.3, 0.4) is 0 Å². The lowest BCUT2D eigenvalue weighted by Gasteiger charge is -2.24. The van der Waals surface area contributed by atoms with E-state index in [-0.39, 0.29) is 37.1 Å². The van der Waals surface area contributed by atoms with Gasteiger partial charge in [0.15, 0.2) is 0 Å². The third-order valence-electron chi connectivity index (χ3n) is 15.0. The highest BCUT2D eigenvalue weighted by Crippen LogP contribution is 2.33. The van der Waals surface area contributed by atoms with E-state index in [0.29, 0.717) is 52.5 Å². The lowest BCUT2D eigenvalue weighted by Crippen LogP contribution is -2.28. The fourth-order valence-electron chi connectivity index (χ4n) is 9.20. The minimum absolute atomic E-state index is 0. The lowest BCUT2D eigenvalue weighted by atomic mass is 9.99. The van der Waals surface area contributed by atoms with Crippen molar-refractivity contribution in [1.82, 2.24) is 20.2 Å². The molecule has 0 unspecified atom stereocenters. The van der Waals surface area contributed by atoms with Gasteiger partial charge in [-0.3, -0.25) is 9.59 Å². The normalized spacial score (nSPS) is 10.0. The summed E-state index contributed by atoms with van der Waals surface area (Å²) in [6.07, 6.45) is 0. The number of hydrogen-bond donors (Lipinski definition) is 4. The minimum Gasteiger partial charge on any atom is -0.353 e. The molecule has 0 saturated carbocycles. The average molecular weight is 1420 g/mol. The molecule has 8 nitrogen and oxygen atoms in total. The number of aromatic amines is 2. The quantitative estimate of drug-likeness (QED) is 0.113. The molecule has 11 aromatic rings. The summed E-state index contributed by atoms with van der Waals surface area (Å²) in [4.78, 5) is 27.2. The van der Waals surface area contributed by atoms with Crippen molar-refractivity contribution in [2.24, 2.45) is 0 Å². The maximum absolute atomic E-state index is 11.1. The van der Waals surface area contributed by atoms with Crippen LogP contribution in [-0.4, -0.2) is 20.2 Å². The maximum atomic E-state index is 11.1. The molecule has 0 fully saturated rings. The molecule has 0 amide bonds. The highest BCUT2D eigenvalue weighted by molar-refractivity contribution is 7.09. The molecular weight excluding hydrogens is 1280 g/mol. The van der Waals surface area contributed by atoms with Crippen LogP contribution in [0.15, 0.2) is 246 Å². The van der Waals surface area contributed by atoms with Gasteiger partial charge in [0.05, 0.1) is 33.8 Å². The topological polar surface area (TPSA) is 116 Å². The van der Waals surface area contributed by atoms with Crippen molar-refractivity contribution < 1.29 is 0 Å². The molecule has 9 heteroatoms. The fourth-order valence-corrected chi connectivity index (χ4v) is 9.77. The molecule has 0 radical (unpaired) electrons. The van der Waals surface area contributed by atoms with Crippen LogP contribution in [0.5, 0.6) is 0 Å². The first-order valence-corrected chi connectivity index (χ1v) is 36.7. The van der Waals surface area contributed by atoms with Crippen molar-refractivity contribution in [2.45, 2.75) is 245 Å². The van der Waals surface area contributed by atoms with Crippen LogP contribution in [0.1, 0.15) is 283 Å². The molecule has 0 bridgehead atoms. The summed E-state index contributed by atoms with van der Waals surface area (Å²) in [5.41, 5.74) is 16.4. The van der Waals surface area contributed by atoms with E-state index in [4.69, 9.17) is 0 Å². The minimum atomic E-state index is -0.611. The Morgan fingerprint density at radius 1 is 0.311 bits per heavy atom. The summed E-state index contributed by atoms with van der Waals surface area (Å²) in [7, 11) is 0. The average Bonchev–Trinajstić information content (AvgIpc) is 1.00. The predicted molar refractivity (Wildman–Crippen MR) is 472 cm³/mol. The summed E-state index contributed by atoms with van der Waals surface area (Å²) in [6.45, 7) is 58.3. The zero-order chi connectivity index (χ0) is 73.9. The van der Waals surface area contributed by atoms with Gasteiger partial charge in [-0.1, -0.05) is 398 Å². The van der Waals surface area contributed by atoms with Crippen LogP contribution >= 0.6 is 11.3 Å². The van der Waals surface area contributed by atoms with E-state index in [9.17, 15) is 9.59 Å². The second-order valence-electron chi connectivity index (χ2n) is 24.2. The standard InChI is InChI=1S/C15H16.C13H16N2.2C13H14.C11H12N2O2.C9H12.C5H8N2S.5C2H6.5CH4/c1-12(2)13-8-10-15(11-9-13)14-6-4-3-5-7-14;1-8(2)11-5-6-12-13(7-11)15-10(4)9(3)14-12;2*1-10(2)12-8-7-11-5-3-4-6-13(11)9-12;1-6(2)7-3-4-8-9(5-7)13-11(15)10(14)12-8;1-8(2)9-6-4-3-5-7-9;1-4(2)5-7-6-3-8-5;5*1-2;;;;;/h3-12H,1-2H3;5-8,14-15H,3-4H2,1-2H3;2*3-10H,1-2H3;3-6H,1-2H3,(H,12,14)(H,13,15);3-8H,1-2H3;3-4H,1-2H3;5*1-2H3;5*1H4. The zero-order valence-electron chi connectivity index (χ0n) is 64.3. The summed E-state index contributed by atoms with van der Waals surface area (Å²) in [5, 5.41) is 20.5. The molecule has 0 aliphatic carbocycles. The van der Waals surface area contributed by atoms with E-state index in [1.807, 2.05) is 99.6 Å². The first-order chi connectivity index (χ1) is 47.1. The smallest absolute Gasteiger partial charge is 0.314 e. The van der Waals surface area contributed by atoms with E-state index in [1.54, 1.807) is 16.8 Å². The van der Waals surface area contributed by atoms with Gasteiger partial charge in [0.25, 0.3) is 0 Å². The van der Waals surface area contributed by atoms with Gasteiger partial charge in [-0.2, -0.15) is 0 Å². The highest BCUT2D eigenvalue weighted by Gasteiger charge is 2.14. The Balaban J connectivity index is -0.000000355. The Hall–Kier alpha value is -8.92. The van der Waals surface area contributed by atoms with Crippen LogP contribution in [0.2, 0.25) is 0 Å². The van der Waals surface area contributed by atoms with Crippen molar-refractivity contribution >= 4 is 55.3 Å². The molecule has 12 rings (SSSR count). The molecule has 3 heterocycles. The monoisotopic (exact) mass is 1420 g/mol. The SMILES string of the molecule is C.C.C.C.C.C=C1Nc2ccc(C(C)C)cc2NC1=C.CC.CC.CC.CC.CC.CC(C)c1ccc(-c2ccccc2)cc1.CC(C)c1ccc2[nH]c(=O)c(=O)[nH]c2c1.CC(C)c1ccc2ccccc2c1.CC(C)c1ccc2ccccc2c1.CC(C)c1ccccc1.CC(C)c1nncs1. The molecule has 0 spiro atoms. The number of fused-ring (bicyclic) bond motifs is 4. The summed E-state index contributed by atoms with van der Waals surface area (Å²) in [5.74, 6) is 3.96. The van der Waals surface area contributed by atoms with Gasteiger partial charge in [-0.15, -0.1) is 21.5 Å². The molecule has 566 valence electrons. The molecule has 9 aromatic carbocycles. The number of aromatic nitrogens is 4. The summed E-state index contributed by atoms with van der Waals surface area (Å²) >= 11 is 1.61. The molecule has 4 N–H and O–H groups in total. The van der Waals surface area contributed by atoms with Gasteiger partial charge < -0.3 is 20.6 Å². The van der Waals surface area contributed by atoms with Crippen molar-refractivity contribution in [3.05, 3.63) is 295 Å². The molecule has 103 heavy (non-hydrogen) atoms. The first kappa shape index (κ1) is 103. The van der Waals surface area contributed by atoms with Crippen LogP contribution in [-0.2, 0) is 0 Å². The van der Waals surface area contributed by atoms with E-state index in [0.717, 1.165) is 33.3 Å². The Kier molecular flexibility index (Phi) is 57.4. The van der Waals surface area contributed by atoms with E-state index >= 15 is 0 Å². The lowest BCUT2D eigenvalue weighted by molar-refractivity contribution is 0.825. The van der Waals surface area contributed by atoms with Crippen molar-refractivity contribution in [3.63, 3.8) is 0 Å². The van der Waals surface area contributed by atoms with Gasteiger partial charge in [0.2, 0.25) is 0 Å². The highest BCUT2D eigenvalue weighted by atomic mass is 32.1. The van der Waals surface area contributed by atoms with Gasteiger partial charge in [-0.05, 0) is 126 Å². The number of H-pyrrole nitrogens is 2. The van der Waals surface area contributed by atoms with E-state index in [1.165, 1.54) is 60.5 Å². The number of nitrogens with zero attached hydrogens (tertiary/aromatic N) is 2. The van der Waals surface area contributed by atoms with Gasteiger partial charge >= 0.3 is 11.1 Å². The van der Waals surface area contributed by atoms with E-state index in [2.05, 4.69) is 317 Å². The number of anilines is 2. The van der Waals surface area contributed by atoms with Crippen LogP contribution < -0.4 is 21.8 Å². The number of nitrogens with one attached hydrogen (secondary N) is 4. The Labute approximate surface area is 633 Å².